The highest BCUT2D eigenvalue weighted by Gasteiger charge is 2.27. The van der Waals surface area contributed by atoms with Gasteiger partial charge in [-0.05, 0) is 64.8 Å². The molecular weight excluding hydrogens is 478 g/mol. The second kappa shape index (κ2) is 11.0. The molecule has 37 heavy (non-hydrogen) atoms. The Hall–Kier alpha value is -3.88. The van der Waals surface area contributed by atoms with Crippen LogP contribution in [0, 0.1) is 17.2 Å². The van der Waals surface area contributed by atoms with Gasteiger partial charge in [-0.1, -0.05) is 84.9 Å². The second-order valence-electron chi connectivity index (χ2n) is 9.57. The molecule has 1 aliphatic carbocycles. The lowest BCUT2D eigenvalue weighted by atomic mass is 9.94. The van der Waals surface area contributed by atoms with Crippen LogP contribution in [-0.2, 0) is 29.3 Å². The Kier molecular flexibility index (Phi) is 7.39. The van der Waals surface area contributed by atoms with E-state index in [-0.39, 0.29) is 18.1 Å². The summed E-state index contributed by atoms with van der Waals surface area (Å²) in [5.41, 5.74) is 4.07. The molecule has 0 radical (unpaired) electrons. The van der Waals surface area contributed by atoms with E-state index >= 15 is 0 Å². The van der Waals surface area contributed by atoms with Crippen molar-refractivity contribution in [2.45, 2.75) is 32.3 Å². The summed E-state index contributed by atoms with van der Waals surface area (Å²) in [5, 5.41) is 11.7. The number of benzene rings is 4. The first kappa shape index (κ1) is 24.8. The maximum absolute atomic E-state index is 13.6. The summed E-state index contributed by atoms with van der Waals surface area (Å²) in [6, 6.07) is 32.2. The fraction of sp³-hybridized carbons (Fsp3) is 0.219. The molecule has 4 aromatic rings. The predicted molar refractivity (Wildman–Crippen MR) is 149 cm³/mol. The van der Waals surface area contributed by atoms with Gasteiger partial charge in [-0.15, -0.1) is 0 Å². The van der Waals surface area contributed by atoms with Crippen molar-refractivity contribution in [2.24, 2.45) is 5.92 Å². The molecule has 186 valence electrons. The molecule has 4 aromatic carbocycles. The fourth-order valence-electron chi connectivity index (χ4n) is 5.09. The Balaban J connectivity index is 1.38. The third-order valence-corrected chi connectivity index (χ3v) is 8.99. The SMILES string of the molecule is N#CCC(Cc1cccc2ccccc12)CS(=O)(=O)C1=Cc2c(cccc2OCc2ccccc2)CC1. The smallest absolute Gasteiger partial charge is 0.174 e. The lowest BCUT2D eigenvalue weighted by Crippen LogP contribution is -2.21. The first-order valence-corrected chi connectivity index (χ1v) is 14.2. The predicted octanol–water partition coefficient (Wildman–Crippen LogP) is 6.89. The van der Waals surface area contributed by atoms with Crippen LogP contribution in [0.4, 0.5) is 0 Å². The van der Waals surface area contributed by atoms with Crippen molar-refractivity contribution in [2.75, 3.05) is 5.75 Å². The van der Waals surface area contributed by atoms with Crippen LogP contribution in [0.15, 0.2) is 95.9 Å². The number of hydrogen-bond acceptors (Lipinski definition) is 4. The Morgan fingerprint density at radius 1 is 0.865 bits per heavy atom. The molecule has 0 bridgehead atoms. The zero-order valence-electron chi connectivity index (χ0n) is 20.6. The van der Waals surface area contributed by atoms with Crippen molar-refractivity contribution in [3.63, 3.8) is 0 Å². The standard InChI is InChI=1S/C32H29NO3S/c33-19-18-25(20-28-13-6-11-26-10-4-5-14-30(26)28)23-37(34,35)29-17-16-27-12-7-15-32(31(27)21-29)36-22-24-8-2-1-3-9-24/h1-15,21,25H,16-18,20,22-23H2. The number of hydrogen-bond donors (Lipinski definition) is 0. The van der Waals surface area contributed by atoms with E-state index in [0.29, 0.717) is 36.5 Å². The molecular formula is C32H29NO3S. The minimum Gasteiger partial charge on any atom is -0.488 e. The first-order valence-electron chi connectivity index (χ1n) is 12.6. The van der Waals surface area contributed by atoms with Gasteiger partial charge < -0.3 is 4.74 Å². The largest absolute Gasteiger partial charge is 0.488 e. The third kappa shape index (κ3) is 5.76. The third-order valence-electron chi connectivity index (χ3n) is 6.96. The maximum Gasteiger partial charge on any atom is 0.174 e. The van der Waals surface area contributed by atoms with Crippen molar-refractivity contribution in [3.8, 4) is 11.8 Å². The molecule has 0 aliphatic heterocycles. The highest BCUT2D eigenvalue weighted by molar-refractivity contribution is 7.95. The van der Waals surface area contributed by atoms with Gasteiger partial charge in [0.15, 0.2) is 9.84 Å². The molecule has 5 heteroatoms. The summed E-state index contributed by atoms with van der Waals surface area (Å²) >= 11 is 0. The van der Waals surface area contributed by atoms with E-state index in [0.717, 1.165) is 33.0 Å². The van der Waals surface area contributed by atoms with Gasteiger partial charge in [0.25, 0.3) is 0 Å². The van der Waals surface area contributed by atoms with E-state index in [1.807, 2.05) is 72.8 Å². The molecule has 4 nitrogen and oxygen atoms in total. The summed E-state index contributed by atoms with van der Waals surface area (Å²) < 4.78 is 33.3. The van der Waals surface area contributed by atoms with Crippen molar-refractivity contribution < 1.29 is 13.2 Å². The summed E-state index contributed by atoms with van der Waals surface area (Å²) in [5.74, 6) is 0.364. The van der Waals surface area contributed by atoms with Crippen LogP contribution in [0.25, 0.3) is 16.8 Å². The van der Waals surface area contributed by atoms with Crippen molar-refractivity contribution in [3.05, 3.63) is 118 Å². The second-order valence-corrected chi connectivity index (χ2v) is 11.7. The lowest BCUT2D eigenvalue weighted by Gasteiger charge is -2.22. The summed E-state index contributed by atoms with van der Waals surface area (Å²) in [6.07, 6.45) is 3.64. The minimum absolute atomic E-state index is 0.0437. The van der Waals surface area contributed by atoms with Crippen LogP contribution in [0.5, 0.6) is 5.75 Å². The van der Waals surface area contributed by atoms with Gasteiger partial charge in [0.2, 0.25) is 0 Å². The Morgan fingerprint density at radius 2 is 1.62 bits per heavy atom. The van der Waals surface area contributed by atoms with Gasteiger partial charge >= 0.3 is 0 Å². The van der Waals surface area contributed by atoms with Crippen molar-refractivity contribution in [1.29, 1.82) is 5.26 Å². The highest BCUT2D eigenvalue weighted by Crippen LogP contribution is 2.35. The van der Waals surface area contributed by atoms with Gasteiger partial charge in [-0.25, -0.2) is 8.42 Å². The van der Waals surface area contributed by atoms with Crippen molar-refractivity contribution in [1.82, 2.24) is 0 Å². The van der Waals surface area contributed by atoms with Crippen LogP contribution < -0.4 is 4.74 Å². The van der Waals surface area contributed by atoms with Crippen molar-refractivity contribution >= 4 is 26.7 Å². The highest BCUT2D eigenvalue weighted by atomic mass is 32.2. The zero-order valence-corrected chi connectivity index (χ0v) is 21.5. The summed E-state index contributed by atoms with van der Waals surface area (Å²) in [6.45, 7) is 0.419. The van der Waals surface area contributed by atoms with Gasteiger partial charge in [-0.2, -0.15) is 5.26 Å². The average Bonchev–Trinajstić information content (AvgIpc) is 2.92. The monoisotopic (exact) mass is 507 g/mol. The number of sulfone groups is 1. The van der Waals surface area contributed by atoms with Gasteiger partial charge in [-0.3, -0.25) is 0 Å². The van der Waals surface area contributed by atoms with E-state index in [1.165, 1.54) is 0 Å². The number of aryl methyl sites for hydroxylation is 1. The molecule has 5 rings (SSSR count). The summed E-state index contributed by atoms with van der Waals surface area (Å²) in [7, 11) is -3.55. The van der Waals surface area contributed by atoms with Crippen LogP contribution in [0.3, 0.4) is 0 Å². The van der Waals surface area contributed by atoms with Gasteiger partial charge in [0, 0.05) is 16.9 Å². The topological polar surface area (TPSA) is 67.2 Å². The molecule has 0 saturated carbocycles. The number of nitrogens with zero attached hydrogens (tertiary/aromatic N) is 1. The maximum atomic E-state index is 13.6. The Labute approximate surface area is 218 Å². The number of fused-ring (bicyclic) bond motifs is 2. The van der Waals surface area contributed by atoms with Crippen LogP contribution >= 0.6 is 0 Å². The fourth-order valence-corrected chi connectivity index (χ4v) is 6.87. The molecule has 0 amide bonds. The van der Waals surface area contributed by atoms with Crippen LogP contribution in [-0.4, -0.2) is 14.2 Å². The lowest BCUT2D eigenvalue weighted by molar-refractivity contribution is 0.305. The average molecular weight is 508 g/mol. The molecule has 0 fully saturated rings. The van der Waals surface area contributed by atoms with Gasteiger partial charge in [0.05, 0.1) is 11.8 Å². The quantitative estimate of drug-likeness (QED) is 0.247. The normalized spacial score (nSPS) is 13.9. The number of allylic oxidation sites excluding steroid dienone is 1. The van der Waals surface area contributed by atoms with E-state index < -0.39 is 9.84 Å². The van der Waals surface area contributed by atoms with Crippen LogP contribution in [0.1, 0.15) is 35.1 Å². The van der Waals surface area contributed by atoms with E-state index in [9.17, 15) is 13.7 Å². The first-order chi connectivity index (χ1) is 18.0. The molecule has 0 N–H and O–H groups in total. The molecule has 0 aromatic heterocycles. The minimum atomic E-state index is -3.55. The van der Waals surface area contributed by atoms with E-state index in [4.69, 9.17) is 4.74 Å². The summed E-state index contributed by atoms with van der Waals surface area (Å²) in [4.78, 5) is 0.427. The molecule has 1 aliphatic rings. The van der Waals surface area contributed by atoms with Gasteiger partial charge in [0.1, 0.15) is 12.4 Å². The molecule has 0 spiro atoms. The Morgan fingerprint density at radius 3 is 2.46 bits per heavy atom. The molecule has 1 unspecified atom stereocenters. The molecule has 0 saturated heterocycles. The number of nitriles is 1. The molecule has 1 atom stereocenters. The van der Waals surface area contributed by atoms with E-state index in [1.54, 1.807) is 6.08 Å². The van der Waals surface area contributed by atoms with Crippen LogP contribution in [0.2, 0.25) is 0 Å². The van der Waals surface area contributed by atoms with E-state index in [2.05, 4.69) is 24.3 Å². The number of rotatable bonds is 9. The molecule has 0 heterocycles. The zero-order chi connectivity index (χ0) is 25.7. The number of ether oxygens (including phenoxy) is 1. The Bertz CT molecular complexity index is 1580.